The summed E-state index contributed by atoms with van der Waals surface area (Å²) in [4.78, 5) is 26.2. The second-order valence-corrected chi connectivity index (χ2v) is 5.91. The summed E-state index contributed by atoms with van der Waals surface area (Å²) in [5.41, 5.74) is 0. The first-order valence-corrected chi connectivity index (χ1v) is 7.83. The Kier molecular flexibility index (Phi) is 8.18. The van der Waals surface area contributed by atoms with Crippen LogP contribution in [-0.4, -0.2) is 67.1 Å². The summed E-state index contributed by atoms with van der Waals surface area (Å²) in [6, 6.07) is 5.78. The molecule has 134 valence electrons. The SMILES string of the molecule is CC(CN(C)CC(=O)N(C)CCCOc1ccc(F)cc1)C(=O)O. The van der Waals surface area contributed by atoms with Gasteiger partial charge in [-0.3, -0.25) is 14.5 Å². The molecule has 1 unspecified atom stereocenters. The van der Waals surface area contributed by atoms with Crippen molar-refractivity contribution < 1.29 is 23.8 Å². The predicted octanol–water partition coefficient (Wildman–Crippen LogP) is 1.71. The largest absolute Gasteiger partial charge is 0.494 e. The Morgan fingerprint density at radius 3 is 2.46 bits per heavy atom. The fourth-order valence-electron chi connectivity index (χ4n) is 2.11. The van der Waals surface area contributed by atoms with Crippen LogP contribution in [0, 0.1) is 11.7 Å². The van der Waals surface area contributed by atoms with Crippen molar-refractivity contribution in [3.63, 3.8) is 0 Å². The molecule has 0 radical (unpaired) electrons. The first-order chi connectivity index (χ1) is 11.3. The maximum Gasteiger partial charge on any atom is 0.307 e. The summed E-state index contributed by atoms with van der Waals surface area (Å²) in [7, 11) is 3.43. The van der Waals surface area contributed by atoms with E-state index >= 15 is 0 Å². The van der Waals surface area contributed by atoms with Crippen molar-refractivity contribution in [1.82, 2.24) is 9.80 Å². The van der Waals surface area contributed by atoms with Gasteiger partial charge in [0.15, 0.2) is 0 Å². The van der Waals surface area contributed by atoms with Crippen molar-refractivity contribution in [3.8, 4) is 5.75 Å². The van der Waals surface area contributed by atoms with Crippen LogP contribution in [0.1, 0.15) is 13.3 Å². The molecule has 0 spiro atoms. The molecule has 0 aliphatic carbocycles. The molecule has 1 rings (SSSR count). The third kappa shape index (κ3) is 7.41. The van der Waals surface area contributed by atoms with Gasteiger partial charge >= 0.3 is 5.97 Å². The zero-order valence-electron chi connectivity index (χ0n) is 14.4. The number of carboxylic acid groups (broad SMARTS) is 1. The molecule has 0 aliphatic rings. The third-order valence-corrected chi connectivity index (χ3v) is 3.56. The zero-order chi connectivity index (χ0) is 18.1. The first-order valence-electron chi connectivity index (χ1n) is 7.83. The van der Waals surface area contributed by atoms with Gasteiger partial charge in [-0.2, -0.15) is 0 Å². The van der Waals surface area contributed by atoms with E-state index < -0.39 is 11.9 Å². The highest BCUT2D eigenvalue weighted by molar-refractivity contribution is 5.78. The lowest BCUT2D eigenvalue weighted by Crippen LogP contribution is -2.39. The van der Waals surface area contributed by atoms with E-state index in [0.717, 1.165) is 0 Å². The van der Waals surface area contributed by atoms with E-state index in [2.05, 4.69) is 0 Å². The van der Waals surface area contributed by atoms with E-state index in [4.69, 9.17) is 9.84 Å². The minimum atomic E-state index is -0.874. The number of carbonyl (C=O) groups excluding carboxylic acids is 1. The topological polar surface area (TPSA) is 70.1 Å². The van der Waals surface area contributed by atoms with E-state index in [1.807, 2.05) is 0 Å². The van der Waals surface area contributed by atoms with Gasteiger partial charge in [-0.25, -0.2) is 4.39 Å². The number of carbonyl (C=O) groups is 2. The van der Waals surface area contributed by atoms with Crippen LogP contribution in [0.4, 0.5) is 4.39 Å². The number of ether oxygens (including phenoxy) is 1. The summed E-state index contributed by atoms with van der Waals surface area (Å²) < 4.78 is 18.2. The van der Waals surface area contributed by atoms with Crippen molar-refractivity contribution in [2.45, 2.75) is 13.3 Å². The van der Waals surface area contributed by atoms with Gasteiger partial charge in [-0.1, -0.05) is 6.92 Å². The lowest BCUT2D eigenvalue weighted by Gasteiger charge is -2.23. The summed E-state index contributed by atoms with van der Waals surface area (Å²) in [5.74, 6) is -1.18. The number of hydrogen-bond acceptors (Lipinski definition) is 4. The Bertz CT molecular complexity index is 536. The quantitative estimate of drug-likeness (QED) is 0.657. The molecule has 0 fully saturated rings. The summed E-state index contributed by atoms with van der Waals surface area (Å²) in [6.45, 7) is 3.06. The van der Waals surface area contributed by atoms with Gasteiger partial charge in [0.2, 0.25) is 5.91 Å². The van der Waals surface area contributed by atoms with Gasteiger partial charge in [-0.15, -0.1) is 0 Å². The van der Waals surface area contributed by atoms with Crippen LogP contribution in [0.3, 0.4) is 0 Å². The molecule has 0 bridgehead atoms. The Labute approximate surface area is 141 Å². The van der Waals surface area contributed by atoms with Crippen molar-refractivity contribution in [3.05, 3.63) is 30.1 Å². The van der Waals surface area contributed by atoms with Gasteiger partial charge in [0.05, 0.1) is 19.1 Å². The maximum atomic E-state index is 12.8. The smallest absolute Gasteiger partial charge is 0.307 e. The van der Waals surface area contributed by atoms with Crippen LogP contribution in [0.5, 0.6) is 5.75 Å². The predicted molar refractivity (Wildman–Crippen MR) is 88.4 cm³/mol. The molecule has 0 aliphatic heterocycles. The monoisotopic (exact) mass is 340 g/mol. The highest BCUT2D eigenvalue weighted by Gasteiger charge is 2.17. The minimum absolute atomic E-state index is 0.0723. The number of halogens is 1. The summed E-state index contributed by atoms with van der Waals surface area (Å²) in [5, 5.41) is 8.87. The van der Waals surface area contributed by atoms with Gasteiger partial charge in [0.25, 0.3) is 0 Å². The molecular weight excluding hydrogens is 315 g/mol. The molecule has 1 aromatic rings. The van der Waals surface area contributed by atoms with E-state index in [0.29, 0.717) is 31.9 Å². The van der Waals surface area contributed by atoms with Crippen LogP contribution in [-0.2, 0) is 9.59 Å². The summed E-state index contributed by atoms with van der Waals surface area (Å²) >= 11 is 0. The molecule has 0 heterocycles. The van der Waals surface area contributed by atoms with Gasteiger partial charge in [0, 0.05) is 20.1 Å². The number of carboxylic acids is 1. The van der Waals surface area contributed by atoms with Crippen molar-refractivity contribution >= 4 is 11.9 Å². The number of amides is 1. The molecule has 0 aromatic heterocycles. The van der Waals surface area contributed by atoms with Crippen molar-refractivity contribution in [1.29, 1.82) is 0 Å². The standard InChI is InChI=1S/C17H25FN2O4/c1-13(17(22)23)11-19(2)12-16(21)20(3)9-4-10-24-15-7-5-14(18)6-8-15/h5-8,13H,4,9-12H2,1-3H3,(H,22,23). The number of nitrogens with zero attached hydrogens (tertiary/aromatic N) is 2. The number of hydrogen-bond donors (Lipinski definition) is 1. The first kappa shape index (κ1) is 19.9. The summed E-state index contributed by atoms with van der Waals surface area (Å²) in [6.07, 6.45) is 0.648. The van der Waals surface area contributed by atoms with Crippen LogP contribution in [0.25, 0.3) is 0 Å². The molecule has 1 N–H and O–H groups in total. The lowest BCUT2D eigenvalue weighted by atomic mass is 10.2. The van der Waals surface area contributed by atoms with Gasteiger partial charge in [0.1, 0.15) is 11.6 Å². The van der Waals surface area contributed by atoms with Crippen LogP contribution < -0.4 is 4.74 Å². The fraction of sp³-hybridized carbons (Fsp3) is 0.529. The Morgan fingerprint density at radius 2 is 1.88 bits per heavy atom. The highest BCUT2D eigenvalue weighted by Crippen LogP contribution is 2.11. The van der Waals surface area contributed by atoms with Crippen LogP contribution in [0.15, 0.2) is 24.3 Å². The van der Waals surface area contributed by atoms with E-state index in [1.54, 1.807) is 43.0 Å². The van der Waals surface area contributed by atoms with Crippen molar-refractivity contribution in [2.75, 3.05) is 40.3 Å². The normalized spacial score (nSPS) is 12.0. The minimum Gasteiger partial charge on any atom is -0.494 e. The van der Waals surface area contributed by atoms with E-state index in [1.165, 1.54) is 12.1 Å². The van der Waals surface area contributed by atoms with E-state index in [9.17, 15) is 14.0 Å². The van der Waals surface area contributed by atoms with E-state index in [-0.39, 0.29) is 18.3 Å². The number of aliphatic carboxylic acids is 1. The Balaban J connectivity index is 2.23. The lowest BCUT2D eigenvalue weighted by molar-refractivity contribution is -0.142. The molecule has 1 atom stereocenters. The molecule has 1 amide bonds. The highest BCUT2D eigenvalue weighted by atomic mass is 19.1. The maximum absolute atomic E-state index is 12.8. The number of rotatable bonds is 10. The second-order valence-electron chi connectivity index (χ2n) is 5.91. The number of likely N-dealkylation sites (N-methyl/N-ethyl adjacent to an activating group) is 2. The number of benzene rings is 1. The fourth-order valence-corrected chi connectivity index (χ4v) is 2.11. The average Bonchev–Trinajstić information content (AvgIpc) is 2.52. The molecule has 1 aromatic carbocycles. The Hall–Kier alpha value is -2.15. The molecular formula is C17H25FN2O4. The van der Waals surface area contributed by atoms with Gasteiger partial charge < -0.3 is 14.7 Å². The molecule has 0 saturated heterocycles. The van der Waals surface area contributed by atoms with Crippen molar-refractivity contribution in [2.24, 2.45) is 5.92 Å². The Morgan fingerprint density at radius 1 is 1.25 bits per heavy atom. The molecule has 7 heteroatoms. The van der Waals surface area contributed by atoms with Gasteiger partial charge in [-0.05, 0) is 37.7 Å². The molecule has 24 heavy (non-hydrogen) atoms. The molecule has 0 saturated carbocycles. The second kappa shape index (κ2) is 9.87. The molecule has 6 nitrogen and oxygen atoms in total. The van der Waals surface area contributed by atoms with Crippen LogP contribution in [0.2, 0.25) is 0 Å². The zero-order valence-corrected chi connectivity index (χ0v) is 14.4. The average molecular weight is 340 g/mol. The van der Waals surface area contributed by atoms with Crippen LogP contribution >= 0.6 is 0 Å². The third-order valence-electron chi connectivity index (χ3n) is 3.56.